The third kappa shape index (κ3) is 2.68. The van der Waals surface area contributed by atoms with Crippen molar-refractivity contribution in [3.63, 3.8) is 0 Å². The van der Waals surface area contributed by atoms with Crippen LogP contribution in [-0.2, 0) is 0 Å². The largest absolute Gasteiger partial charge is 0.338 e. The Bertz CT molecular complexity index is 436. The maximum atomic E-state index is 12.7. The molecule has 1 aromatic rings. The average molecular weight is 250 g/mol. The van der Waals surface area contributed by atoms with E-state index in [9.17, 15) is 9.18 Å². The molecule has 18 heavy (non-hydrogen) atoms. The number of hydrogen-bond acceptors (Lipinski definition) is 2. The van der Waals surface area contributed by atoms with Crippen LogP contribution in [0.25, 0.3) is 0 Å². The molecule has 0 saturated carbocycles. The summed E-state index contributed by atoms with van der Waals surface area (Å²) in [6.07, 6.45) is 2.34. The fourth-order valence-electron chi connectivity index (χ4n) is 2.34. The zero-order chi connectivity index (χ0) is 13.3. The minimum Gasteiger partial charge on any atom is -0.338 e. The molecule has 0 radical (unpaired) electrons. The monoisotopic (exact) mass is 250 g/mol. The van der Waals surface area contributed by atoms with Gasteiger partial charge in [-0.05, 0) is 29.9 Å². The summed E-state index contributed by atoms with van der Waals surface area (Å²) in [4.78, 5) is 17.6. The molecule has 1 aromatic heterocycles. The van der Waals surface area contributed by atoms with E-state index in [0.717, 1.165) is 19.5 Å². The normalized spacial score (nSPS) is 20.2. The Kier molecular flexibility index (Phi) is 3.37. The molecule has 3 nitrogen and oxygen atoms in total. The van der Waals surface area contributed by atoms with Crippen LogP contribution in [0.3, 0.4) is 0 Å². The number of rotatable bonds is 1. The number of likely N-dealkylation sites (tertiary alicyclic amines) is 1. The van der Waals surface area contributed by atoms with Crippen LogP contribution in [0.4, 0.5) is 4.39 Å². The van der Waals surface area contributed by atoms with E-state index in [1.54, 1.807) is 0 Å². The highest BCUT2D eigenvalue weighted by molar-refractivity contribution is 5.94. The Morgan fingerprint density at radius 1 is 1.44 bits per heavy atom. The van der Waals surface area contributed by atoms with Gasteiger partial charge in [-0.2, -0.15) is 4.39 Å². The van der Waals surface area contributed by atoms with E-state index >= 15 is 0 Å². The number of carbonyl (C=O) groups is 1. The van der Waals surface area contributed by atoms with Gasteiger partial charge in [0.15, 0.2) is 0 Å². The molecule has 1 atom stereocenters. The highest BCUT2D eigenvalue weighted by Crippen LogP contribution is 2.33. The minimum absolute atomic E-state index is 0.0470. The van der Waals surface area contributed by atoms with Crippen molar-refractivity contribution in [1.82, 2.24) is 9.88 Å². The number of nitrogens with zero attached hydrogens (tertiary/aromatic N) is 2. The third-order valence-electron chi connectivity index (χ3n) is 3.67. The van der Waals surface area contributed by atoms with Gasteiger partial charge in [-0.15, -0.1) is 0 Å². The summed E-state index contributed by atoms with van der Waals surface area (Å²) in [7, 11) is 0. The standard InChI is InChI=1S/C14H19FN2O/c1-14(2,3)11-6-7-17(9-11)13(18)10-4-5-12(15)16-8-10/h4-5,8,11H,6-7,9H2,1-3H3. The van der Waals surface area contributed by atoms with Crippen LogP contribution >= 0.6 is 0 Å². The molecule has 1 saturated heterocycles. The highest BCUT2D eigenvalue weighted by atomic mass is 19.1. The van der Waals surface area contributed by atoms with E-state index in [1.165, 1.54) is 18.3 Å². The lowest BCUT2D eigenvalue weighted by Crippen LogP contribution is -2.31. The molecular weight excluding hydrogens is 231 g/mol. The maximum absolute atomic E-state index is 12.7. The van der Waals surface area contributed by atoms with Crippen LogP contribution in [0, 0.1) is 17.3 Å². The lowest BCUT2D eigenvalue weighted by molar-refractivity contribution is 0.0776. The smallest absolute Gasteiger partial charge is 0.255 e. The fraction of sp³-hybridized carbons (Fsp3) is 0.571. The molecule has 1 amide bonds. The first-order valence-corrected chi connectivity index (χ1v) is 6.29. The summed E-state index contributed by atoms with van der Waals surface area (Å²) >= 11 is 0. The Balaban J connectivity index is 2.06. The molecule has 98 valence electrons. The van der Waals surface area contributed by atoms with Crippen LogP contribution in [0.2, 0.25) is 0 Å². The lowest BCUT2D eigenvalue weighted by Gasteiger charge is -2.26. The van der Waals surface area contributed by atoms with Gasteiger partial charge in [0.25, 0.3) is 5.91 Å². The third-order valence-corrected chi connectivity index (χ3v) is 3.67. The van der Waals surface area contributed by atoms with Crippen LogP contribution in [0.1, 0.15) is 37.6 Å². The van der Waals surface area contributed by atoms with Gasteiger partial charge in [-0.25, -0.2) is 4.98 Å². The Hall–Kier alpha value is -1.45. The Morgan fingerprint density at radius 2 is 2.17 bits per heavy atom. The molecule has 1 aliphatic heterocycles. The van der Waals surface area contributed by atoms with E-state index in [4.69, 9.17) is 0 Å². The van der Waals surface area contributed by atoms with Crippen LogP contribution in [0.5, 0.6) is 0 Å². The van der Waals surface area contributed by atoms with Gasteiger partial charge in [0, 0.05) is 19.3 Å². The molecule has 1 fully saturated rings. The first kappa shape index (κ1) is 13.0. The first-order chi connectivity index (χ1) is 8.38. The zero-order valence-corrected chi connectivity index (χ0v) is 11.1. The molecule has 0 N–H and O–H groups in total. The summed E-state index contributed by atoms with van der Waals surface area (Å²) < 4.78 is 12.7. The maximum Gasteiger partial charge on any atom is 0.255 e. The van der Waals surface area contributed by atoms with E-state index in [-0.39, 0.29) is 11.3 Å². The minimum atomic E-state index is -0.555. The molecule has 1 aliphatic rings. The van der Waals surface area contributed by atoms with Crippen molar-refractivity contribution in [3.05, 3.63) is 29.8 Å². The molecule has 1 unspecified atom stereocenters. The van der Waals surface area contributed by atoms with Gasteiger partial charge in [0.2, 0.25) is 5.95 Å². The van der Waals surface area contributed by atoms with Crippen LogP contribution in [-0.4, -0.2) is 28.9 Å². The summed E-state index contributed by atoms with van der Waals surface area (Å²) in [6, 6.07) is 2.72. The van der Waals surface area contributed by atoms with E-state index in [1.807, 2.05) is 4.90 Å². The quantitative estimate of drug-likeness (QED) is 0.718. The number of hydrogen-bond donors (Lipinski definition) is 0. The van der Waals surface area contributed by atoms with Crippen molar-refractivity contribution in [3.8, 4) is 0 Å². The lowest BCUT2D eigenvalue weighted by atomic mass is 9.80. The molecule has 0 bridgehead atoms. The van der Waals surface area contributed by atoms with Crippen LogP contribution < -0.4 is 0 Å². The summed E-state index contributed by atoms with van der Waals surface area (Å²) in [6.45, 7) is 8.15. The topological polar surface area (TPSA) is 33.2 Å². The average Bonchev–Trinajstić information content (AvgIpc) is 2.78. The first-order valence-electron chi connectivity index (χ1n) is 6.29. The number of halogens is 1. The van der Waals surface area contributed by atoms with Crippen molar-refractivity contribution in [2.75, 3.05) is 13.1 Å². The Morgan fingerprint density at radius 3 is 2.67 bits per heavy atom. The summed E-state index contributed by atoms with van der Waals surface area (Å²) in [5.41, 5.74) is 0.682. The molecule has 2 rings (SSSR count). The highest BCUT2D eigenvalue weighted by Gasteiger charge is 2.34. The van der Waals surface area contributed by atoms with Crippen molar-refractivity contribution < 1.29 is 9.18 Å². The number of amides is 1. The van der Waals surface area contributed by atoms with Gasteiger partial charge >= 0.3 is 0 Å². The molecule has 4 heteroatoms. The molecule has 0 spiro atoms. The number of aromatic nitrogens is 1. The number of pyridine rings is 1. The van der Waals surface area contributed by atoms with Crippen molar-refractivity contribution >= 4 is 5.91 Å². The summed E-state index contributed by atoms with van der Waals surface area (Å²) in [5.74, 6) is -0.0790. The Labute approximate surface area is 107 Å². The van der Waals surface area contributed by atoms with Gasteiger partial charge in [0.1, 0.15) is 0 Å². The van der Waals surface area contributed by atoms with Gasteiger partial charge in [-0.3, -0.25) is 4.79 Å². The van der Waals surface area contributed by atoms with E-state index < -0.39 is 5.95 Å². The van der Waals surface area contributed by atoms with E-state index in [2.05, 4.69) is 25.8 Å². The van der Waals surface area contributed by atoms with Gasteiger partial charge < -0.3 is 4.90 Å². The second kappa shape index (κ2) is 4.67. The predicted octanol–water partition coefficient (Wildman–Crippen LogP) is 2.73. The van der Waals surface area contributed by atoms with Crippen molar-refractivity contribution in [2.45, 2.75) is 27.2 Å². The van der Waals surface area contributed by atoms with E-state index in [0.29, 0.717) is 11.5 Å². The summed E-state index contributed by atoms with van der Waals surface area (Å²) in [5, 5.41) is 0. The second-order valence-electron chi connectivity index (χ2n) is 5.97. The second-order valence-corrected chi connectivity index (χ2v) is 5.97. The molecular formula is C14H19FN2O. The predicted molar refractivity (Wildman–Crippen MR) is 67.7 cm³/mol. The van der Waals surface area contributed by atoms with Crippen molar-refractivity contribution in [2.24, 2.45) is 11.3 Å². The zero-order valence-electron chi connectivity index (χ0n) is 11.1. The molecule has 0 aromatic carbocycles. The van der Waals surface area contributed by atoms with Crippen molar-refractivity contribution in [1.29, 1.82) is 0 Å². The molecule has 2 heterocycles. The van der Waals surface area contributed by atoms with Gasteiger partial charge in [0.05, 0.1) is 5.56 Å². The SMILES string of the molecule is CC(C)(C)C1CCN(C(=O)c2ccc(F)nc2)C1. The van der Waals surface area contributed by atoms with Crippen LogP contribution in [0.15, 0.2) is 18.3 Å². The van der Waals surface area contributed by atoms with Gasteiger partial charge in [-0.1, -0.05) is 20.8 Å². The molecule has 0 aliphatic carbocycles. The number of carbonyl (C=O) groups excluding carboxylic acids is 1. The fourth-order valence-corrected chi connectivity index (χ4v) is 2.34.